The number of unbranched alkanes of at least 4 members (excludes halogenated alkanes) is 1. The van der Waals surface area contributed by atoms with Gasteiger partial charge >= 0.3 is 6.09 Å². The van der Waals surface area contributed by atoms with E-state index in [9.17, 15) is 9.59 Å². The van der Waals surface area contributed by atoms with E-state index >= 15 is 0 Å². The first-order valence-electron chi connectivity index (χ1n) is 9.02. The summed E-state index contributed by atoms with van der Waals surface area (Å²) >= 11 is 0. The van der Waals surface area contributed by atoms with E-state index in [-0.39, 0.29) is 12.5 Å². The molecule has 136 valence electrons. The zero-order valence-electron chi connectivity index (χ0n) is 14.9. The number of rotatable bonds is 7. The molecule has 0 aromatic heterocycles. The number of alkyl carbamates (subject to hydrolysis) is 1. The van der Waals surface area contributed by atoms with Crippen LogP contribution in [-0.2, 0) is 9.53 Å². The van der Waals surface area contributed by atoms with E-state index in [1.54, 1.807) is 0 Å². The third-order valence-electron chi connectivity index (χ3n) is 4.83. The molecule has 1 atom stereocenters. The van der Waals surface area contributed by atoms with Crippen molar-refractivity contribution in [2.24, 2.45) is 5.73 Å². The first-order chi connectivity index (χ1) is 12.6. The van der Waals surface area contributed by atoms with Gasteiger partial charge < -0.3 is 15.8 Å². The fraction of sp³-hybridized carbons (Fsp3) is 0.333. The molecule has 1 aliphatic carbocycles. The van der Waals surface area contributed by atoms with Crippen molar-refractivity contribution in [3.05, 3.63) is 59.7 Å². The van der Waals surface area contributed by atoms with Gasteiger partial charge in [-0.2, -0.15) is 0 Å². The van der Waals surface area contributed by atoms with Gasteiger partial charge in [-0.05, 0) is 28.7 Å². The maximum absolute atomic E-state index is 12.2. The van der Waals surface area contributed by atoms with Gasteiger partial charge in [-0.15, -0.1) is 0 Å². The highest BCUT2D eigenvalue weighted by atomic mass is 16.5. The lowest BCUT2D eigenvalue weighted by Gasteiger charge is -2.17. The van der Waals surface area contributed by atoms with Crippen molar-refractivity contribution in [1.82, 2.24) is 5.32 Å². The molecule has 2 aromatic rings. The second-order valence-electron chi connectivity index (χ2n) is 6.57. The molecule has 0 unspecified atom stereocenters. The number of hydrogen-bond acceptors (Lipinski definition) is 3. The lowest BCUT2D eigenvalue weighted by atomic mass is 9.98. The Morgan fingerprint density at radius 2 is 1.65 bits per heavy atom. The fourth-order valence-corrected chi connectivity index (χ4v) is 3.48. The van der Waals surface area contributed by atoms with E-state index in [0.29, 0.717) is 6.42 Å². The first-order valence-corrected chi connectivity index (χ1v) is 9.02. The van der Waals surface area contributed by atoms with Gasteiger partial charge in [0.15, 0.2) is 0 Å². The molecule has 0 radical (unpaired) electrons. The van der Waals surface area contributed by atoms with Crippen molar-refractivity contribution in [2.45, 2.75) is 38.1 Å². The SMILES string of the molecule is CCCC[C@H](NC(=O)OCC1c2ccccc2-c2ccccc21)C(N)=O. The summed E-state index contributed by atoms with van der Waals surface area (Å²) in [5.41, 5.74) is 10.0. The first kappa shape index (κ1) is 18.0. The van der Waals surface area contributed by atoms with Crippen molar-refractivity contribution in [1.29, 1.82) is 0 Å². The van der Waals surface area contributed by atoms with Crippen molar-refractivity contribution in [3.8, 4) is 11.1 Å². The largest absolute Gasteiger partial charge is 0.449 e. The Balaban J connectivity index is 1.68. The molecule has 3 N–H and O–H groups in total. The van der Waals surface area contributed by atoms with E-state index < -0.39 is 18.0 Å². The number of carbonyl (C=O) groups excluding carboxylic acids is 2. The maximum atomic E-state index is 12.2. The highest BCUT2D eigenvalue weighted by Gasteiger charge is 2.29. The van der Waals surface area contributed by atoms with Crippen molar-refractivity contribution >= 4 is 12.0 Å². The average molecular weight is 352 g/mol. The Morgan fingerprint density at radius 1 is 1.08 bits per heavy atom. The van der Waals surface area contributed by atoms with E-state index in [2.05, 4.69) is 29.6 Å². The molecule has 0 aliphatic heterocycles. The Morgan fingerprint density at radius 3 is 2.19 bits per heavy atom. The quantitative estimate of drug-likeness (QED) is 0.799. The van der Waals surface area contributed by atoms with Gasteiger partial charge in [-0.3, -0.25) is 4.79 Å². The van der Waals surface area contributed by atoms with E-state index in [0.717, 1.165) is 24.0 Å². The number of amides is 2. The van der Waals surface area contributed by atoms with E-state index in [1.807, 2.05) is 31.2 Å². The number of primary amides is 1. The minimum atomic E-state index is -0.689. The lowest BCUT2D eigenvalue weighted by Crippen LogP contribution is -2.44. The molecular formula is C21H24N2O3. The van der Waals surface area contributed by atoms with Gasteiger partial charge in [0.2, 0.25) is 5.91 Å². The zero-order chi connectivity index (χ0) is 18.5. The molecule has 3 rings (SSSR count). The summed E-state index contributed by atoms with van der Waals surface area (Å²) in [5, 5.41) is 2.59. The van der Waals surface area contributed by atoms with Crippen molar-refractivity contribution < 1.29 is 14.3 Å². The molecule has 0 spiro atoms. The number of nitrogens with two attached hydrogens (primary N) is 1. The Labute approximate surface area is 153 Å². The molecule has 1 aliphatic rings. The molecule has 5 heteroatoms. The number of fused-ring (bicyclic) bond motifs is 3. The van der Waals surface area contributed by atoms with Gasteiger partial charge in [-0.1, -0.05) is 68.3 Å². The zero-order valence-corrected chi connectivity index (χ0v) is 14.9. The number of hydrogen-bond donors (Lipinski definition) is 2. The third-order valence-corrected chi connectivity index (χ3v) is 4.83. The van der Waals surface area contributed by atoms with Crippen LogP contribution in [0.3, 0.4) is 0 Å². The number of carbonyl (C=O) groups is 2. The van der Waals surface area contributed by atoms with Crippen LogP contribution in [0.15, 0.2) is 48.5 Å². The van der Waals surface area contributed by atoms with Crippen LogP contribution < -0.4 is 11.1 Å². The van der Waals surface area contributed by atoms with Crippen LogP contribution in [0.1, 0.15) is 43.2 Å². The molecule has 0 saturated heterocycles. The third kappa shape index (κ3) is 3.72. The summed E-state index contributed by atoms with van der Waals surface area (Å²) in [6.45, 7) is 2.24. The highest BCUT2D eigenvalue weighted by molar-refractivity contribution is 5.84. The fourth-order valence-electron chi connectivity index (χ4n) is 3.48. The summed E-state index contributed by atoms with van der Waals surface area (Å²) in [6, 6.07) is 15.6. The maximum Gasteiger partial charge on any atom is 0.407 e. The molecule has 5 nitrogen and oxygen atoms in total. The minimum Gasteiger partial charge on any atom is -0.449 e. The van der Waals surface area contributed by atoms with Crippen molar-refractivity contribution in [3.63, 3.8) is 0 Å². The number of ether oxygens (including phenoxy) is 1. The second kappa shape index (κ2) is 8.04. The smallest absolute Gasteiger partial charge is 0.407 e. The molecule has 0 heterocycles. The van der Waals surface area contributed by atoms with Crippen LogP contribution in [-0.4, -0.2) is 24.6 Å². The van der Waals surface area contributed by atoms with Crippen LogP contribution in [0.5, 0.6) is 0 Å². The Bertz CT molecular complexity index is 758. The highest BCUT2D eigenvalue weighted by Crippen LogP contribution is 2.44. The summed E-state index contributed by atoms with van der Waals surface area (Å²) < 4.78 is 5.44. The van der Waals surface area contributed by atoms with Gasteiger partial charge in [0.05, 0.1) is 0 Å². The molecule has 2 amide bonds. The topological polar surface area (TPSA) is 81.4 Å². The summed E-state index contributed by atoms with van der Waals surface area (Å²) in [7, 11) is 0. The molecule has 2 aromatic carbocycles. The van der Waals surface area contributed by atoms with Gasteiger partial charge in [0.25, 0.3) is 0 Å². The van der Waals surface area contributed by atoms with Crippen LogP contribution in [0.2, 0.25) is 0 Å². The molecule has 0 bridgehead atoms. The average Bonchev–Trinajstić information content (AvgIpc) is 2.97. The molecular weight excluding hydrogens is 328 g/mol. The minimum absolute atomic E-state index is 0.00387. The summed E-state index contributed by atoms with van der Waals surface area (Å²) in [6.07, 6.45) is 1.66. The monoisotopic (exact) mass is 352 g/mol. The molecule has 0 saturated carbocycles. The summed E-state index contributed by atoms with van der Waals surface area (Å²) in [5.74, 6) is -0.539. The van der Waals surface area contributed by atoms with Crippen LogP contribution in [0.4, 0.5) is 4.79 Å². The Hall–Kier alpha value is -2.82. The predicted octanol–water partition coefficient (Wildman–Crippen LogP) is 3.57. The van der Waals surface area contributed by atoms with Crippen LogP contribution in [0, 0.1) is 0 Å². The van der Waals surface area contributed by atoms with Gasteiger partial charge in [0.1, 0.15) is 12.6 Å². The molecule has 0 fully saturated rings. The van der Waals surface area contributed by atoms with E-state index in [1.165, 1.54) is 11.1 Å². The molecule has 26 heavy (non-hydrogen) atoms. The lowest BCUT2D eigenvalue weighted by molar-refractivity contribution is -0.120. The summed E-state index contributed by atoms with van der Waals surface area (Å²) in [4.78, 5) is 23.6. The van der Waals surface area contributed by atoms with Gasteiger partial charge in [-0.25, -0.2) is 4.79 Å². The predicted molar refractivity (Wildman–Crippen MR) is 101 cm³/mol. The number of nitrogens with one attached hydrogen (secondary N) is 1. The second-order valence-corrected chi connectivity index (χ2v) is 6.57. The normalized spacial score (nSPS) is 13.6. The van der Waals surface area contributed by atoms with E-state index in [4.69, 9.17) is 10.5 Å². The van der Waals surface area contributed by atoms with Crippen molar-refractivity contribution in [2.75, 3.05) is 6.61 Å². The van der Waals surface area contributed by atoms with Gasteiger partial charge in [0, 0.05) is 5.92 Å². The van der Waals surface area contributed by atoms with Crippen LogP contribution >= 0.6 is 0 Å². The Kier molecular flexibility index (Phi) is 5.56. The number of benzene rings is 2. The van der Waals surface area contributed by atoms with Crippen LogP contribution in [0.25, 0.3) is 11.1 Å². The standard InChI is InChI=1S/C21H24N2O3/c1-2-3-12-19(20(22)24)23-21(25)26-13-18-16-10-6-4-8-14(16)15-9-5-7-11-17(15)18/h4-11,18-19H,2-3,12-13H2,1H3,(H2,22,24)(H,23,25)/t19-/m0/s1.